The van der Waals surface area contributed by atoms with Crippen molar-refractivity contribution in [1.82, 2.24) is 9.80 Å². The average Bonchev–Trinajstić information content (AvgIpc) is 2.55. The Hall–Kier alpha value is -1.88. The largest absolute Gasteiger partial charge is 0.369 e. The molecule has 2 N–H and O–H groups in total. The van der Waals surface area contributed by atoms with Crippen molar-refractivity contribution in [1.29, 1.82) is 0 Å². The number of amides is 2. The summed E-state index contributed by atoms with van der Waals surface area (Å²) in [4.78, 5) is 27.9. The van der Waals surface area contributed by atoms with Gasteiger partial charge in [-0.2, -0.15) is 0 Å². The summed E-state index contributed by atoms with van der Waals surface area (Å²) < 4.78 is 0. The van der Waals surface area contributed by atoms with Gasteiger partial charge >= 0.3 is 0 Å². The van der Waals surface area contributed by atoms with Gasteiger partial charge in [0.25, 0.3) is 0 Å². The third-order valence-electron chi connectivity index (χ3n) is 4.71. The minimum absolute atomic E-state index is 0.0746. The molecule has 1 aliphatic heterocycles. The number of nitrogens with two attached hydrogens (primary N) is 1. The van der Waals surface area contributed by atoms with E-state index in [-0.39, 0.29) is 23.8 Å². The molecule has 1 saturated heterocycles. The Labute approximate surface area is 138 Å². The van der Waals surface area contributed by atoms with Crippen LogP contribution >= 0.6 is 0 Å². The number of rotatable bonds is 5. The van der Waals surface area contributed by atoms with Crippen LogP contribution in [0.15, 0.2) is 24.3 Å². The molecule has 0 aliphatic carbocycles. The van der Waals surface area contributed by atoms with E-state index >= 15 is 0 Å². The number of carbonyl (C=O) groups is 2. The van der Waals surface area contributed by atoms with Crippen molar-refractivity contribution in [3.63, 3.8) is 0 Å². The van der Waals surface area contributed by atoms with Crippen molar-refractivity contribution < 1.29 is 9.59 Å². The standard InChI is InChI=1S/C18H27N3O2/c1-13-6-8-15(9-7-13)11-20(3)14(2)18(23)21-10-4-5-16(12-21)17(19)22/h6-9,14,16H,4-5,10-12H2,1-3H3,(H2,19,22)/t14-,16+/m0/s1. The molecule has 2 rings (SSSR count). The zero-order chi connectivity index (χ0) is 17.0. The topological polar surface area (TPSA) is 66.6 Å². The second-order valence-electron chi connectivity index (χ2n) is 6.60. The van der Waals surface area contributed by atoms with Gasteiger partial charge < -0.3 is 10.6 Å². The number of nitrogens with zero attached hydrogens (tertiary/aromatic N) is 2. The maximum atomic E-state index is 12.7. The second kappa shape index (κ2) is 7.59. The Bertz CT molecular complexity index is 556. The molecule has 1 heterocycles. The number of hydrogen-bond donors (Lipinski definition) is 1. The van der Waals surface area contributed by atoms with E-state index in [1.165, 1.54) is 11.1 Å². The summed E-state index contributed by atoms with van der Waals surface area (Å²) in [5.41, 5.74) is 7.81. The summed E-state index contributed by atoms with van der Waals surface area (Å²) in [6, 6.07) is 8.12. The van der Waals surface area contributed by atoms with Gasteiger partial charge in [-0.3, -0.25) is 14.5 Å². The van der Waals surface area contributed by atoms with E-state index in [4.69, 9.17) is 5.73 Å². The molecule has 0 bridgehead atoms. The summed E-state index contributed by atoms with van der Waals surface area (Å²) in [7, 11) is 1.96. The Morgan fingerprint density at radius 1 is 1.35 bits per heavy atom. The van der Waals surface area contributed by atoms with Gasteiger partial charge in [-0.05, 0) is 39.3 Å². The monoisotopic (exact) mass is 317 g/mol. The van der Waals surface area contributed by atoms with Crippen molar-refractivity contribution in [3.05, 3.63) is 35.4 Å². The quantitative estimate of drug-likeness (QED) is 0.896. The first-order valence-corrected chi connectivity index (χ1v) is 8.22. The van der Waals surface area contributed by atoms with Crippen LogP contribution in [-0.4, -0.2) is 47.8 Å². The molecule has 0 saturated carbocycles. The number of likely N-dealkylation sites (N-methyl/N-ethyl adjacent to an activating group) is 1. The number of hydrogen-bond acceptors (Lipinski definition) is 3. The van der Waals surface area contributed by atoms with E-state index in [1.807, 2.05) is 18.9 Å². The van der Waals surface area contributed by atoms with Crippen LogP contribution in [0, 0.1) is 12.8 Å². The summed E-state index contributed by atoms with van der Waals surface area (Å²) in [6.07, 6.45) is 1.63. The highest BCUT2D eigenvalue weighted by molar-refractivity contribution is 5.83. The first-order valence-electron chi connectivity index (χ1n) is 8.22. The molecule has 1 fully saturated rings. The van der Waals surface area contributed by atoms with E-state index in [9.17, 15) is 9.59 Å². The normalized spacial score (nSPS) is 19.7. The minimum Gasteiger partial charge on any atom is -0.369 e. The highest BCUT2D eigenvalue weighted by Gasteiger charge is 2.30. The first-order chi connectivity index (χ1) is 10.9. The van der Waals surface area contributed by atoms with Crippen LogP contribution in [0.5, 0.6) is 0 Å². The fourth-order valence-electron chi connectivity index (χ4n) is 2.98. The van der Waals surface area contributed by atoms with Crippen LogP contribution in [0.3, 0.4) is 0 Å². The first kappa shape index (κ1) is 17.5. The number of piperidine rings is 1. The molecular formula is C18H27N3O2. The highest BCUT2D eigenvalue weighted by Crippen LogP contribution is 2.18. The van der Waals surface area contributed by atoms with Crippen LogP contribution in [0.4, 0.5) is 0 Å². The van der Waals surface area contributed by atoms with Crippen molar-refractivity contribution in [2.45, 2.75) is 39.3 Å². The molecule has 5 nitrogen and oxygen atoms in total. The molecule has 2 atom stereocenters. The van der Waals surface area contributed by atoms with E-state index in [0.29, 0.717) is 13.1 Å². The molecule has 126 valence electrons. The lowest BCUT2D eigenvalue weighted by molar-refractivity contribution is -0.139. The Morgan fingerprint density at radius 2 is 2.00 bits per heavy atom. The second-order valence-corrected chi connectivity index (χ2v) is 6.60. The fourth-order valence-corrected chi connectivity index (χ4v) is 2.98. The average molecular weight is 317 g/mol. The van der Waals surface area contributed by atoms with Crippen molar-refractivity contribution in [2.75, 3.05) is 20.1 Å². The molecule has 1 aromatic rings. The predicted octanol–water partition coefficient (Wildman–Crippen LogP) is 1.54. The molecule has 0 spiro atoms. The molecule has 2 amide bonds. The van der Waals surface area contributed by atoms with E-state index in [0.717, 1.165) is 19.4 Å². The van der Waals surface area contributed by atoms with E-state index in [1.54, 1.807) is 4.90 Å². The molecule has 1 aromatic carbocycles. The van der Waals surface area contributed by atoms with Gasteiger partial charge in [0.15, 0.2) is 0 Å². The summed E-state index contributed by atoms with van der Waals surface area (Å²) >= 11 is 0. The molecule has 23 heavy (non-hydrogen) atoms. The van der Waals surface area contributed by atoms with Crippen LogP contribution < -0.4 is 5.73 Å². The van der Waals surface area contributed by atoms with Gasteiger partial charge in [-0.25, -0.2) is 0 Å². The zero-order valence-electron chi connectivity index (χ0n) is 14.3. The highest BCUT2D eigenvalue weighted by atomic mass is 16.2. The van der Waals surface area contributed by atoms with E-state index in [2.05, 4.69) is 31.2 Å². The lowest BCUT2D eigenvalue weighted by atomic mass is 9.97. The molecule has 0 radical (unpaired) electrons. The Morgan fingerprint density at radius 3 is 2.61 bits per heavy atom. The van der Waals surface area contributed by atoms with Gasteiger partial charge in [0.2, 0.25) is 11.8 Å². The van der Waals surface area contributed by atoms with Crippen LogP contribution in [0.1, 0.15) is 30.9 Å². The van der Waals surface area contributed by atoms with Gasteiger partial charge in [0, 0.05) is 19.6 Å². The fraction of sp³-hybridized carbons (Fsp3) is 0.556. The van der Waals surface area contributed by atoms with Gasteiger partial charge in [-0.1, -0.05) is 29.8 Å². The maximum Gasteiger partial charge on any atom is 0.239 e. The smallest absolute Gasteiger partial charge is 0.239 e. The Balaban J connectivity index is 1.95. The molecule has 0 unspecified atom stereocenters. The molecule has 0 aromatic heterocycles. The van der Waals surface area contributed by atoms with Crippen molar-refractivity contribution >= 4 is 11.8 Å². The van der Waals surface area contributed by atoms with E-state index < -0.39 is 0 Å². The van der Waals surface area contributed by atoms with Crippen molar-refractivity contribution in [3.8, 4) is 0 Å². The van der Waals surface area contributed by atoms with Gasteiger partial charge in [0.05, 0.1) is 12.0 Å². The predicted molar refractivity (Wildman–Crippen MR) is 90.6 cm³/mol. The van der Waals surface area contributed by atoms with Crippen molar-refractivity contribution in [2.24, 2.45) is 11.7 Å². The lowest BCUT2D eigenvalue weighted by Crippen LogP contribution is -2.50. The number of carbonyl (C=O) groups excluding carboxylic acids is 2. The lowest BCUT2D eigenvalue weighted by Gasteiger charge is -2.35. The molecule has 5 heteroatoms. The third-order valence-corrected chi connectivity index (χ3v) is 4.71. The number of aryl methyl sites for hydroxylation is 1. The summed E-state index contributed by atoms with van der Waals surface area (Å²) in [6.45, 7) is 5.87. The Kier molecular flexibility index (Phi) is 5.77. The SMILES string of the molecule is Cc1ccc(CN(C)[C@@H](C)C(=O)N2CCC[C@@H](C(N)=O)C2)cc1. The zero-order valence-corrected chi connectivity index (χ0v) is 14.3. The maximum absolute atomic E-state index is 12.7. The van der Waals surface area contributed by atoms with Crippen LogP contribution in [0.2, 0.25) is 0 Å². The minimum atomic E-state index is -0.303. The van der Waals surface area contributed by atoms with Gasteiger partial charge in [0.1, 0.15) is 0 Å². The summed E-state index contributed by atoms with van der Waals surface area (Å²) in [5.74, 6) is -0.434. The third kappa shape index (κ3) is 4.55. The van der Waals surface area contributed by atoms with Gasteiger partial charge in [-0.15, -0.1) is 0 Å². The van der Waals surface area contributed by atoms with Crippen LogP contribution in [-0.2, 0) is 16.1 Å². The number of primary amides is 1. The number of benzene rings is 1. The van der Waals surface area contributed by atoms with Crippen LogP contribution in [0.25, 0.3) is 0 Å². The molecule has 1 aliphatic rings. The summed E-state index contributed by atoms with van der Waals surface area (Å²) in [5, 5.41) is 0. The number of likely N-dealkylation sites (tertiary alicyclic amines) is 1. The molecular weight excluding hydrogens is 290 g/mol.